The number of amides is 1. The predicted molar refractivity (Wildman–Crippen MR) is 59.5 cm³/mol. The average molecular weight is 214 g/mol. The van der Waals surface area contributed by atoms with Crippen molar-refractivity contribution in [3.05, 3.63) is 0 Å². The van der Waals surface area contributed by atoms with Crippen molar-refractivity contribution >= 4 is 5.91 Å². The van der Waals surface area contributed by atoms with E-state index in [9.17, 15) is 9.90 Å². The van der Waals surface area contributed by atoms with Crippen LogP contribution in [0.5, 0.6) is 0 Å². The van der Waals surface area contributed by atoms with Gasteiger partial charge in [-0.3, -0.25) is 4.79 Å². The maximum atomic E-state index is 11.5. The summed E-state index contributed by atoms with van der Waals surface area (Å²) in [7, 11) is 1.80. The molecule has 4 nitrogen and oxygen atoms in total. The molecule has 0 aromatic heterocycles. The molecule has 1 atom stereocenters. The fourth-order valence-corrected chi connectivity index (χ4v) is 1.39. The van der Waals surface area contributed by atoms with E-state index in [-0.39, 0.29) is 18.1 Å². The standard InChI is InChI=1S/C11H22N2O2/c1-8(2)13(3)11(15)7-12-6-10(14)9-4-5-9/h8-10,12,14H,4-7H2,1-3H3. The van der Waals surface area contributed by atoms with Crippen LogP contribution in [0.15, 0.2) is 0 Å². The van der Waals surface area contributed by atoms with Crippen LogP contribution in [0.1, 0.15) is 26.7 Å². The highest BCUT2D eigenvalue weighted by Gasteiger charge is 2.29. The SMILES string of the molecule is CC(C)N(C)C(=O)CNCC(O)C1CC1. The lowest BCUT2D eigenvalue weighted by molar-refractivity contribution is -0.130. The number of nitrogens with one attached hydrogen (secondary N) is 1. The predicted octanol–water partition coefficient (Wildman–Crippen LogP) is 0.214. The summed E-state index contributed by atoms with van der Waals surface area (Å²) in [5.41, 5.74) is 0. The van der Waals surface area contributed by atoms with Gasteiger partial charge in [0.05, 0.1) is 12.6 Å². The first-order chi connectivity index (χ1) is 7.02. The van der Waals surface area contributed by atoms with Gasteiger partial charge in [-0.2, -0.15) is 0 Å². The molecule has 1 saturated carbocycles. The van der Waals surface area contributed by atoms with Gasteiger partial charge in [0.25, 0.3) is 0 Å². The van der Waals surface area contributed by atoms with E-state index in [4.69, 9.17) is 0 Å². The molecule has 88 valence electrons. The molecule has 0 spiro atoms. The number of nitrogens with zero attached hydrogens (tertiary/aromatic N) is 1. The molecular formula is C11H22N2O2. The van der Waals surface area contributed by atoms with E-state index in [1.807, 2.05) is 13.8 Å². The summed E-state index contributed by atoms with van der Waals surface area (Å²) in [6.07, 6.45) is 1.98. The molecule has 1 amide bonds. The van der Waals surface area contributed by atoms with Crippen molar-refractivity contribution in [2.75, 3.05) is 20.1 Å². The quantitative estimate of drug-likeness (QED) is 0.665. The van der Waals surface area contributed by atoms with Crippen molar-refractivity contribution in [1.29, 1.82) is 0 Å². The lowest BCUT2D eigenvalue weighted by atomic mass is 10.2. The lowest BCUT2D eigenvalue weighted by Crippen LogP contribution is -2.41. The molecule has 15 heavy (non-hydrogen) atoms. The van der Waals surface area contributed by atoms with Gasteiger partial charge in [-0.25, -0.2) is 0 Å². The Labute approximate surface area is 91.6 Å². The highest BCUT2D eigenvalue weighted by Crippen LogP contribution is 2.32. The van der Waals surface area contributed by atoms with E-state index in [0.29, 0.717) is 19.0 Å². The summed E-state index contributed by atoms with van der Waals surface area (Å²) >= 11 is 0. The van der Waals surface area contributed by atoms with Gasteiger partial charge in [-0.1, -0.05) is 0 Å². The number of likely N-dealkylation sites (N-methyl/N-ethyl adjacent to an activating group) is 1. The first-order valence-corrected chi connectivity index (χ1v) is 5.66. The van der Waals surface area contributed by atoms with Gasteiger partial charge in [-0.15, -0.1) is 0 Å². The third-order valence-electron chi connectivity index (χ3n) is 2.96. The Morgan fingerprint density at radius 1 is 1.53 bits per heavy atom. The molecule has 1 aliphatic carbocycles. The van der Waals surface area contributed by atoms with Crippen molar-refractivity contribution in [2.45, 2.75) is 38.8 Å². The van der Waals surface area contributed by atoms with Crippen LogP contribution in [-0.4, -0.2) is 48.2 Å². The minimum absolute atomic E-state index is 0.0768. The van der Waals surface area contributed by atoms with E-state index >= 15 is 0 Å². The smallest absolute Gasteiger partial charge is 0.236 e. The lowest BCUT2D eigenvalue weighted by Gasteiger charge is -2.22. The van der Waals surface area contributed by atoms with Crippen molar-refractivity contribution in [3.63, 3.8) is 0 Å². The highest BCUT2D eigenvalue weighted by molar-refractivity contribution is 5.78. The zero-order chi connectivity index (χ0) is 11.4. The highest BCUT2D eigenvalue weighted by atomic mass is 16.3. The first-order valence-electron chi connectivity index (χ1n) is 5.66. The average Bonchev–Trinajstić information content (AvgIpc) is 2.99. The molecule has 4 heteroatoms. The topological polar surface area (TPSA) is 52.6 Å². The molecule has 1 unspecified atom stereocenters. The van der Waals surface area contributed by atoms with Gasteiger partial charge >= 0.3 is 0 Å². The third-order valence-corrected chi connectivity index (χ3v) is 2.96. The number of aliphatic hydroxyl groups is 1. The number of carbonyl (C=O) groups is 1. The number of hydrogen-bond donors (Lipinski definition) is 2. The maximum absolute atomic E-state index is 11.5. The molecule has 2 N–H and O–H groups in total. The number of rotatable bonds is 6. The van der Waals surface area contributed by atoms with Gasteiger partial charge in [0.1, 0.15) is 0 Å². The zero-order valence-electron chi connectivity index (χ0n) is 9.86. The summed E-state index contributed by atoms with van der Waals surface area (Å²) in [6, 6.07) is 0.229. The van der Waals surface area contributed by atoms with Crippen LogP contribution in [0.25, 0.3) is 0 Å². The molecule has 1 rings (SSSR count). The summed E-state index contributed by atoms with van der Waals surface area (Å²) in [5, 5.41) is 12.6. The van der Waals surface area contributed by atoms with Gasteiger partial charge in [0.2, 0.25) is 5.91 Å². The molecule has 0 heterocycles. The number of hydrogen-bond acceptors (Lipinski definition) is 3. The Kier molecular flexibility index (Phi) is 4.54. The van der Waals surface area contributed by atoms with Crippen LogP contribution in [0.4, 0.5) is 0 Å². The molecule has 0 saturated heterocycles. The Balaban J connectivity index is 2.10. The van der Waals surface area contributed by atoms with E-state index in [0.717, 1.165) is 12.8 Å². The Morgan fingerprint density at radius 2 is 2.13 bits per heavy atom. The minimum Gasteiger partial charge on any atom is -0.392 e. The van der Waals surface area contributed by atoms with Crippen molar-refractivity contribution < 1.29 is 9.90 Å². The van der Waals surface area contributed by atoms with Gasteiger partial charge < -0.3 is 15.3 Å². The molecule has 0 aliphatic heterocycles. The molecule has 1 fully saturated rings. The largest absolute Gasteiger partial charge is 0.392 e. The second kappa shape index (κ2) is 5.47. The second-order valence-corrected chi connectivity index (χ2v) is 4.63. The fourth-order valence-electron chi connectivity index (χ4n) is 1.39. The molecule has 0 aromatic carbocycles. The van der Waals surface area contributed by atoms with Crippen LogP contribution in [-0.2, 0) is 4.79 Å². The number of aliphatic hydroxyl groups excluding tert-OH is 1. The van der Waals surface area contributed by atoms with Crippen LogP contribution in [0.3, 0.4) is 0 Å². The Bertz CT molecular complexity index is 215. The van der Waals surface area contributed by atoms with E-state index in [1.165, 1.54) is 0 Å². The Morgan fingerprint density at radius 3 is 2.60 bits per heavy atom. The third kappa shape index (κ3) is 4.18. The molecule has 0 radical (unpaired) electrons. The molecule has 0 aromatic rings. The van der Waals surface area contributed by atoms with Crippen LogP contribution in [0, 0.1) is 5.92 Å². The van der Waals surface area contributed by atoms with Gasteiger partial charge in [0.15, 0.2) is 0 Å². The maximum Gasteiger partial charge on any atom is 0.236 e. The fraction of sp³-hybridized carbons (Fsp3) is 0.909. The van der Waals surface area contributed by atoms with Crippen LogP contribution in [0.2, 0.25) is 0 Å². The minimum atomic E-state index is -0.276. The second-order valence-electron chi connectivity index (χ2n) is 4.63. The van der Waals surface area contributed by atoms with Crippen LogP contribution < -0.4 is 5.32 Å². The van der Waals surface area contributed by atoms with E-state index < -0.39 is 0 Å². The molecule has 0 bridgehead atoms. The monoisotopic (exact) mass is 214 g/mol. The molecular weight excluding hydrogens is 192 g/mol. The Hall–Kier alpha value is -0.610. The number of carbonyl (C=O) groups excluding carboxylic acids is 1. The van der Waals surface area contributed by atoms with Crippen molar-refractivity contribution in [1.82, 2.24) is 10.2 Å². The summed E-state index contributed by atoms with van der Waals surface area (Å²) in [6.45, 7) is 4.81. The van der Waals surface area contributed by atoms with Crippen molar-refractivity contribution in [2.24, 2.45) is 5.92 Å². The summed E-state index contributed by atoms with van der Waals surface area (Å²) in [4.78, 5) is 13.2. The van der Waals surface area contributed by atoms with E-state index in [2.05, 4.69) is 5.32 Å². The van der Waals surface area contributed by atoms with Gasteiger partial charge in [-0.05, 0) is 32.6 Å². The normalized spacial score (nSPS) is 17.9. The summed E-state index contributed by atoms with van der Waals surface area (Å²) < 4.78 is 0. The van der Waals surface area contributed by atoms with E-state index in [1.54, 1.807) is 11.9 Å². The summed E-state index contributed by atoms with van der Waals surface area (Å²) in [5.74, 6) is 0.545. The molecule has 1 aliphatic rings. The van der Waals surface area contributed by atoms with Crippen LogP contribution >= 0.6 is 0 Å². The first kappa shape index (κ1) is 12.5. The zero-order valence-corrected chi connectivity index (χ0v) is 9.86. The van der Waals surface area contributed by atoms with Gasteiger partial charge in [0, 0.05) is 19.6 Å². The van der Waals surface area contributed by atoms with Crippen molar-refractivity contribution in [3.8, 4) is 0 Å².